The first-order chi connectivity index (χ1) is 13.2. The van der Waals surface area contributed by atoms with Crippen LogP contribution in [0.4, 0.5) is 4.39 Å². The molecular formula is C21H29FN4S. The van der Waals surface area contributed by atoms with Crippen LogP contribution in [0, 0.1) is 11.7 Å². The molecule has 2 unspecified atom stereocenters. The first kappa shape index (κ1) is 19.8. The van der Waals surface area contributed by atoms with Crippen LogP contribution in [0.2, 0.25) is 0 Å². The number of benzene rings is 1. The van der Waals surface area contributed by atoms with E-state index in [9.17, 15) is 4.39 Å². The Morgan fingerprint density at radius 2 is 2.19 bits per heavy atom. The van der Waals surface area contributed by atoms with Crippen LogP contribution in [-0.2, 0) is 6.42 Å². The fourth-order valence-corrected chi connectivity index (χ4v) is 4.83. The van der Waals surface area contributed by atoms with Gasteiger partial charge in [-0.25, -0.2) is 4.39 Å². The standard InChI is InChI=1S/C21H29FN4S/c1-23-21(24-11-10-16-6-3-8-18(22)14-16)25-15-17-7-4-12-26(2)20(17)19-9-5-13-27-19/h3,5-6,8-9,13-14,17,20H,4,7,10-12,15H2,1-2H3,(H2,23,24,25). The van der Waals surface area contributed by atoms with Crippen molar-refractivity contribution in [2.75, 3.05) is 33.7 Å². The van der Waals surface area contributed by atoms with E-state index in [1.807, 2.05) is 17.4 Å². The zero-order chi connectivity index (χ0) is 19.1. The molecule has 0 radical (unpaired) electrons. The van der Waals surface area contributed by atoms with E-state index in [1.165, 1.54) is 23.8 Å². The summed E-state index contributed by atoms with van der Waals surface area (Å²) in [7, 11) is 4.02. The Hall–Kier alpha value is -1.92. The van der Waals surface area contributed by atoms with Crippen LogP contribution >= 0.6 is 11.3 Å². The monoisotopic (exact) mass is 388 g/mol. The molecule has 146 valence electrons. The van der Waals surface area contributed by atoms with Crippen LogP contribution in [0.5, 0.6) is 0 Å². The lowest BCUT2D eigenvalue weighted by Gasteiger charge is -2.39. The minimum atomic E-state index is -0.184. The summed E-state index contributed by atoms with van der Waals surface area (Å²) in [6, 6.07) is 11.6. The van der Waals surface area contributed by atoms with Gasteiger partial charge in [0.15, 0.2) is 5.96 Å². The number of hydrogen-bond acceptors (Lipinski definition) is 3. The van der Waals surface area contributed by atoms with Crippen molar-refractivity contribution < 1.29 is 4.39 Å². The summed E-state index contributed by atoms with van der Waals surface area (Å²) < 4.78 is 13.3. The highest BCUT2D eigenvalue weighted by atomic mass is 32.1. The third kappa shape index (κ3) is 5.53. The van der Waals surface area contributed by atoms with Gasteiger partial charge in [0.05, 0.1) is 0 Å². The Balaban J connectivity index is 1.50. The molecule has 0 amide bonds. The van der Waals surface area contributed by atoms with E-state index in [0.717, 1.165) is 37.6 Å². The maximum atomic E-state index is 13.3. The molecule has 0 spiro atoms. The fraction of sp³-hybridized carbons (Fsp3) is 0.476. The number of rotatable bonds is 6. The quantitative estimate of drug-likeness (QED) is 0.586. The van der Waals surface area contributed by atoms with Crippen molar-refractivity contribution in [3.05, 3.63) is 58.0 Å². The van der Waals surface area contributed by atoms with Gasteiger partial charge < -0.3 is 10.6 Å². The molecule has 6 heteroatoms. The largest absolute Gasteiger partial charge is 0.356 e. The second kappa shape index (κ2) is 9.85. The molecule has 1 saturated heterocycles. The summed E-state index contributed by atoms with van der Waals surface area (Å²) in [5, 5.41) is 9.00. The summed E-state index contributed by atoms with van der Waals surface area (Å²) in [6.07, 6.45) is 3.22. The molecule has 0 bridgehead atoms. The second-order valence-corrected chi connectivity index (χ2v) is 8.08. The molecule has 0 aliphatic carbocycles. The van der Waals surface area contributed by atoms with Gasteiger partial charge in [-0.2, -0.15) is 0 Å². The van der Waals surface area contributed by atoms with Crippen molar-refractivity contribution in [3.8, 4) is 0 Å². The van der Waals surface area contributed by atoms with E-state index < -0.39 is 0 Å². The summed E-state index contributed by atoms with van der Waals surface area (Å²) in [6.45, 7) is 2.77. The highest BCUT2D eigenvalue weighted by Crippen LogP contribution is 2.36. The van der Waals surface area contributed by atoms with Gasteiger partial charge >= 0.3 is 0 Å². The maximum Gasteiger partial charge on any atom is 0.190 e. The highest BCUT2D eigenvalue weighted by molar-refractivity contribution is 7.10. The number of nitrogens with zero attached hydrogens (tertiary/aromatic N) is 2. The minimum Gasteiger partial charge on any atom is -0.356 e. The summed E-state index contributed by atoms with van der Waals surface area (Å²) in [5.41, 5.74) is 0.990. The molecule has 27 heavy (non-hydrogen) atoms. The fourth-order valence-electron chi connectivity index (χ4n) is 3.85. The van der Waals surface area contributed by atoms with Crippen LogP contribution in [0.25, 0.3) is 0 Å². The number of aliphatic imine (C=N–C) groups is 1. The Bertz CT molecular complexity index is 732. The lowest BCUT2D eigenvalue weighted by atomic mass is 9.88. The van der Waals surface area contributed by atoms with Gasteiger partial charge in [-0.1, -0.05) is 18.2 Å². The molecule has 1 aromatic carbocycles. The molecule has 1 fully saturated rings. The number of hydrogen-bond donors (Lipinski definition) is 2. The Kier molecular flexibility index (Phi) is 7.24. The number of likely N-dealkylation sites (tertiary alicyclic amines) is 1. The molecule has 3 rings (SSSR count). The molecule has 2 N–H and O–H groups in total. The van der Waals surface area contributed by atoms with Crippen LogP contribution in [0.1, 0.15) is 29.3 Å². The highest BCUT2D eigenvalue weighted by Gasteiger charge is 2.31. The Morgan fingerprint density at radius 1 is 1.30 bits per heavy atom. The van der Waals surface area contributed by atoms with Crippen LogP contribution in [-0.4, -0.2) is 44.6 Å². The van der Waals surface area contributed by atoms with E-state index in [2.05, 4.69) is 45.1 Å². The van der Waals surface area contributed by atoms with Crippen molar-refractivity contribution in [2.24, 2.45) is 10.9 Å². The zero-order valence-corrected chi connectivity index (χ0v) is 16.9. The van der Waals surface area contributed by atoms with E-state index in [4.69, 9.17) is 0 Å². The van der Waals surface area contributed by atoms with Gasteiger partial charge in [-0.15, -0.1) is 11.3 Å². The van der Waals surface area contributed by atoms with Crippen LogP contribution < -0.4 is 10.6 Å². The lowest BCUT2D eigenvalue weighted by Crippen LogP contribution is -2.45. The Labute approximate surface area is 165 Å². The van der Waals surface area contributed by atoms with Crippen LogP contribution in [0.3, 0.4) is 0 Å². The predicted octanol–water partition coefficient (Wildman–Crippen LogP) is 3.68. The average Bonchev–Trinajstić information content (AvgIpc) is 3.19. The number of thiophene rings is 1. The van der Waals surface area contributed by atoms with E-state index in [0.29, 0.717) is 12.0 Å². The molecule has 4 nitrogen and oxygen atoms in total. The van der Waals surface area contributed by atoms with Gasteiger partial charge in [0.1, 0.15) is 5.82 Å². The molecular weight excluding hydrogens is 359 g/mol. The second-order valence-electron chi connectivity index (χ2n) is 7.10. The molecule has 1 aliphatic rings. The number of nitrogens with one attached hydrogen (secondary N) is 2. The first-order valence-electron chi connectivity index (χ1n) is 9.60. The van der Waals surface area contributed by atoms with Gasteiger partial charge in [-0.05, 0) is 67.9 Å². The zero-order valence-electron chi connectivity index (χ0n) is 16.1. The van der Waals surface area contributed by atoms with E-state index in [1.54, 1.807) is 19.2 Å². The van der Waals surface area contributed by atoms with Crippen molar-refractivity contribution in [2.45, 2.75) is 25.3 Å². The summed E-state index contributed by atoms with van der Waals surface area (Å²) in [4.78, 5) is 8.25. The lowest BCUT2D eigenvalue weighted by molar-refractivity contribution is 0.125. The number of halogens is 1. The van der Waals surface area contributed by atoms with Crippen molar-refractivity contribution >= 4 is 17.3 Å². The van der Waals surface area contributed by atoms with Crippen molar-refractivity contribution in [3.63, 3.8) is 0 Å². The SMILES string of the molecule is CN=C(NCCc1cccc(F)c1)NCC1CCCN(C)C1c1cccs1. The summed E-state index contributed by atoms with van der Waals surface area (Å²) in [5.74, 6) is 1.18. The smallest absolute Gasteiger partial charge is 0.190 e. The minimum absolute atomic E-state index is 0.184. The molecule has 2 heterocycles. The van der Waals surface area contributed by atoms with E-state index in [-0.39, 0.29) is 5.82 Å². The van der Waals surface area contributed by atoms with Gasteiger partial charge in [0.2, 0.25) is 0 Å². The maximum absolute atomic E-state index is 13.3. The molecule has 0 saturated carbocycles. The average molecular weight is 389 g/mol. The van der Waals surface area contributed by atoms with Gasteiger partial charge in [0.25, 0.3) is 0 Å². The van der Waals surface area contributed by atoms with Crippen molar-refractivity contribution in [1.29, 1.82) is 0 Å². The predicted molar refractivity (Wildman–Crippen MR) is 112 cm³/mol. The van der Waals surface area contributed by atoms with E-state index >= 15 is 0 Å². The normalized spacial score (nSPS) is 21.2. The molecule has 1 aromatic heterocycles. The number of piperidine rings is 1. The van der Waals surface area contributed by atoms with Gasteiger partial charge in [0, 0.05) is 31.1 Å². The van der Waals surface area contributed by atoms with Crippen molar-refractivity contribution in [1.82, 2.24) is 15.5 Å². The Morgan fingerprint density at radius 3 is 2.93 bits per heavy atom. The topological polar surface area (TPSA) is 39.7 Å². The van der Waals surface area contributed by atoms with Crippen LogP contribution in [0.15, 0.2) is 46.8 Å². The third-order valence-electron chi connectivity index (χ3n) is 5.19. The molecule has 1 aliphatic heterocycles. The summed E-state index contributed by atoms with van der Waals surface area (Å²) >= 11 is 1.84. The van der Waals surface area contributed by atoms with Gasteiger partial charge in [-0.3, -0.25) is 9.89 Å². The molecule has 2 atom stereocenters. The first-order valence-corrected chi connectivity index (χ1v) is 10.5. The molecule has 2 aromatic rings. The third-order valence-corrected chi connectivity index (χ3v) is 6.14. The number of guanidine groups is 1.